The summed E-state index contributed by atoms with van der Waals surface area (Å²) in [6, 6.07) is 0. The average molecular weight is 212 g/mol. The van der Waals surface area contributed by atoms with E-state index in [1.54, 1.807) is 0 Å². The van der Waals surface area contributed by atoms with Crippen molar-refractivity contribution in [3.63, 3.8) is 0 Å². The summed E-state index contributed by atoms with van der Waals surface area (Å²) < 4.78 is 0. The minimum Gasteiger partial charge on any atom is -0.907 e. The molecule has 0 amide bonds. The molecule has 0 radical (unpaired) electrons. The molecule has 0 spiro atoms. The monoisotopic (exact) mass is 212 g/mol. The van der Waals surface area contributed by atoms with Gasteiger partial charge in [-0.05, 0) is 0 Å². The van der Waals surface area contributed by atoms with Crippen molar-refractivity contribution in [2.75, 3.05) is 0 Å². The molecule has 13 heavy (non-hydrogen) atoms. The first-order chi connectivity index (χ1) is 5.20. The van der Waals surface area contributed by atoms with Crippen LogP contribution in [0.4, 0.5) is 0 Å². The molecule has 0 saturated heterocycles. The quantitative estimate of drug-likeness (QED) is 0.377. The van der Waals surface area contributed by atoms with Crippen LogP contribution in [0.2, 0.25) is 0 Å². The Morgan fingerprint density at radius 3 is 0.692 bits per heavy atom. The Balaban J connectivity index is -0.00000000476. The lowest BCUT2D eigenvalue weighted by Crippen LogP contribution is -2.56. The molecule has 9 nitrogen and oxygen atoms in total. The number of hydrogen-bond donors (Lipinski definition) is 1. The summed E-state index contributed by atoms with van der Waals surface area (Å²) in [7, 11) is -8.50. The zero-order chi connectivity index (χ0) is 10.7. The Kier molecular flexibility index (Phi) is 33.2. The highest BCUT2D eigenvalue weighted by Gasteiger charge is 1.44. The molecule has 0 saturated carbocycles. The summed E-state index contributed by atoms with van der Waals surface area (Å²) in [6.07, 6.45) is 0. The van der Waals surface area contributed by atoms with Crippen LogP contribution in [0.5, 0.6) is 0 Å². The maximum atomic E-state index is 8.53. The van der Waals surface area contributed by atoms with E-state index >= 15 is 0 Å². The van der Waals surface area contributed by atoms with Gasteiger partial charge in [0, 0.05) is 0 Å². The van der Waals surface area contributed by atoms with Crippen molar-refractivity contribution in [1.82, 2.24) is 0 Å². The van der Waals surface area contributed by atoms with Gasteiger partial charge in [0.2, 0.25) is 0 Å². The Morgan fingerprint density at radius 2 is 0.692 bits per heavy atom. The van der Waals surface area contributed by atoms with Crippen LogP contribution in [-0.2, 0) is 0 Å². The van der Waals surface area contributed by atoms with Gasteiger partial charge in [0.25, 0.3) is 0 Å². The summed E-state index contributed by atoms with van der Waals surface area (Å²) in [5.41, 5.74) is 0. The summed E-state index contributed by atoms with van der Waals surface area (Å²) in [5.74, 6) is 0. The van der Waals surface area contributed by atoms with Gasteiger partial charge in [-0.15, -0.1) is 0 Å². The molecule has 0 aliphatic rings. The van der Waals surface area contributed by atoms with Crippen molar-refractivity contribution in [1.29, 1.82) is 0 Å². The van der Waals surface area contributed by atoms with Gasteiger partial charge < -0.3 is 45.2 Å². The molecule has 0 bridgehead atoms. The summed E-state index contributed by atoms with van der Waals surface area (Å²) >= 11 is 0. The van der Waals surface area contributed by atoms with Crippen LogP contribution < -0.4 is 40.2 Å². The normalized spacial score (nSPS) is 6.23. The van der Waals surface area contributed by atoms with E-state index in [-0.39, 0.29) is 34.5 Å². The van der Waals surface area contributed by atoms with Gasteiger partial charge in [0.1, 0.15) is 0 Å². The molecule has 0 aromatic heterocycles. The smallest absolute Gasteiger partial charge is 0.907 e. The molecule has 0 aromatic rings. The van der Waals surface area contributed by atoms with Crippen molar-refractivity contribution in [3.05, 3.63) is 0 Å². The first-order valence-corrected chi connectivity index (χ1v) is 2.14. The van der Waals surface area contributed by atoms with E-state index in [1.807, 2.05) is 0 Å². The second-order valence-electron chi connectivity index (χ2n) is 0.884. The Morgan fingerprint density at radius 1 is 0.692 bits per heavy atom. The maximum Gasteiger partial charge on any atom is 1.00 e. The van der Waals surface area contributed by atoms with Gasteiger partial charge in [0.05, 0.1) is 7.32 Å². The van der Waals surface area contributed by atoms with Crippen LogP contribution in [0, 0.1) is 0 Å². The molecular formula is H11B3MgO9. The van der Waals surface area contributed by atoms with Crippen LogP contribution in [0.1, 0.15) is 11.4 Å². The van der Waals surface area contributed by atoms with Crippen molar-refractivity contribution < 1.29 is 56.6 Å². The first-order valence-electron chi connectivity index (χ1n) is 2.14. The molecule has 13 heteroatoms. The zero-order valence-electron chi connectivity index (χ0n) is 13.4. The Hall–Kier alpha value is 0.601. The fourth-order valence-electron chi connectivity index (χ4n) is 0. The van der Waals surface area contributed by atoms with Crippen LogP contribution in [0.3, 0.4) is 0 Å². The molecule has 0 aromatic carbocycles. The summed E-state index contributed by atoms with van der Waals surface area (Å²) in [5, 5.41) is 74.5. The van der Waals surface area contributed by atoms with Crippen LogP contribution >= 0.6 is 0 Å². The van der Waals surface area contributed by atoms with Gasteiger partial charge in [0.15, 0.2) is 0 Å². The minimum atomic E-state index is -2.92. The third-order valence-corrected chi connectivity index (χ3v) is 0. The number of rotatable bonds is 0. The molecule has 1 N–H and O–H groups in total. The topological polar surface area (TPSA) is 205 Å². The highest BCUT2D eigenvalue weighted by molar-refractivity contribution is 6.26. The van der Waals surface area contributed by atoms with Gasteiger partial charge in [-0.25, -0.2) is 0 Å². The molecule has 0 heterocycles. The molecule has 0 aliphatic heterocycles. The Bertz CT molecular complexity index is 63.5. The van der Waals surface area contributed by atoms with Crippen molar-refractivity contribution in [2.24, 2.45) is 0 Å². The fourth-order valence-corrected chi connectivity index (χ4v) is 0. The van der Waals surface area contributed by atoms with Crippen LogP contribution in [0.25, 0.3) is 0 Å². The van der Waals surface area contributed by atoms with E-state index in [9.17, 15) is 0 Å². The summed E-state index contributed by atoms with van der Waals surface area (Å²) in [4.78, 5) is 0. The van der Waals surface area contributed by atoms with E-state index in [0.29, 0.717) is 0 Å². The lowest BCUT2D eigenvalue weighted by atomic mass is 10.3. The van der Waals surface area contributed by atoms with Crippen molar-refractivity contribution in [3.8, 4) is 0 Å². The third kappa shape index (κ3) is 3920. The second kappa shape index (κ2) is 18.4. The van der Waals surface area contributed by atoms with E-state index in [1.165, 1.54) is 0 Å². The van der Waals surface area contributed by atoms with Gasteiger partial charge >= 0.3 is 34.5 Å². The molecule has 0 rings (SSSR count). The highest BCUT2D eigenvalue weighted by Crippen LogP contribution is 1.16. The molecular weight excluding hydrogens is 201 g/mol. The third-order valence-electron chi connectivity index (χ3n) is 0. The lowest BCUT2D eigenvalue weighted by molar-refractivity contribution is -0.481. The van der Waals surface area contributed by atoms with Gasteiger partial charge in [-0.1, -0.05) is 0 Å². The van der Waals surface area contributed by atoms with E-state index in [2.05, 4.69) is 0 Å². The van der Waals surface area contributed by atoms with Crippen LogP contribution in [-0.4, -0.2) is 50.0 Å². The average Bonchev–Trinajstić information content (AvgIpc) is 1.54. The fraction of sp³-hybridized carbons (Fsp3) is 0. The molecule has 0 fully saturated rings. The molecule has 0 unspecified atom stereocenters. The van der Waals surface area contributed by atoms with Crippen molar-refractivity contribution in [2.45, 2.75) is 0 Å². The largest absolute Gasteiger partial charge is 1.00 e. The van der Waals surface area contributed by atoms with E-state index in [0.717, 1.165) is 0 Å². The van der Waals surface area contributed by atoms with Gasteiger partial charge in [-0.3, -0.25) is 14.6 Å². The molecule has 76 valence electrons. The maximum absolute atomic E-state index is 8.53. The standard InChI is InChI=1S/BHO3.2BO3.Mg.2H/c3*2-1(3)4;;;/h2H;;;;;/q-2;2*-3;;;/p+8. The van der Waals surface area contributed by atoms with Gasteiger partial charge in [-0.2, -0.15) is 0 Å². The predicted octanol–water partition coefficient (Wildman–Crippen LogP) is -11.2. The molecule has 0 atom stereocenters. The highest BCUT2D eigenvalue weighted by atomic mass is 24.3. The second-order valence-corrected chi connectivity index (χ2v) is 0.884. The minimum absolute atomic E-state index is 0. The lowest BCUT2D eigenvalue weighted by Gasteiger charge is -2.35. The van der Waals surface area contributed by atoms with Crippen LogP contribution in [0.15, 0.2) is 0 Å². The van der Waals surface area contributed by atoms with E-state index in [4.69, 9.17) is 45.2 Å². The predicted molar refractivity (Wildman–Crippen MR) is 36.9 cm³/mol. The summed E-state index contributed by atoms with van der Waals surface area (Å²) in [6.45, 7) is 0. The van der Waals surface area contributed by atoms with Crippen molar-refractivity contribution >= 4 is 45.0 Å². The number of hydrogen-bond acceptors (Lipinski definition) is 9. The zero-order valence-corrected chi connectivity index (χ0v) is 5.45. The molecule has 0 aliphatic carbocycles. The Labute approximate surface area is 102 Å². The first kappa shape index (κ1) is 23.4. The van der Waals surface area contributed by atoms with E-state index < -0.39 is 22.0 Å². The SMILES string of the molecule is [H+].[H+].[H+].[H+].[H+].[H+].[H+].[H+].[MgH2].[O-]B([O-])O.[O-]B([O-])[O-].[O-]B([O-])[O-].